The molecule has 32 heavy (non-hydrogen) atoms. The monoisotopic (exact) mass is 437 g/mol. The number of hydrogen-bond acceptors (Lipinski definition) is 4. The third-order valence-electron chi connectivity index (χ3n) is 5.54. The number of rotatable bonds is 10. The van der Waals surface area contributed by atoms with Crippen molar-refractivity contribution in [1.29, 1.82) is 0 Å². The van der Waals surface area contributed by atoms with Crippen molar-refractivity contribution in [3.8, 4) is 0 Å². The van der Waals surface area contributed by atoms with E-state index < -0.39 is 5.92 Å². The molecule has 1 saturated heterocycles. The fourth-order valence-corrected chi connectivity index (χ4v) is 3.83. The van der Waals surface area contributed by atoms with Gasteiger partial charge in [0.05, 0.1) is 17.2 Å². The Morgan fingerprint density at radius 1 is 1.09 bits per heavy atom. The van der Waals surface area contributed by atoms with E-state index in [1.54, 1.807) is 29.2 Å². The van der Waals surface area contributed by atoms with Crippen molar-refractivity contribution < 1.29 is 19.1 Å². The minimum Gasteiger partial charge on any atom is -0.382 e. The highest BCUT2D eigenvalue weighted by atomic mass is 16.5. The lowest BCUT2D eigenvalue weighted by molar-refractivity contribution is -0.122. The van der Waals surface area contributed by atoms with Crippen molar-refractivity contribution in [2.45, 2.75) is 33.1 Å². The van der Waals surface area contributed by atoms with E-state index in [4.69, 9.17) is 4.74 Å². The van der Waals surface area contributed by atoms with Crippen molar-refractivity contribution in [3.05, 3.63) is 59.7 Å². The Labute approximate surface area is 189 Å². The zero-order valence-electron chi connectivity index (χ0n) is 18.7. The number of ether oxygens (including phenoxy) is 1. The minimum absolute atomic E-state index is 0.0635. The first-order valence-electron chi connectivity index (χ1n) is 11.2. The average molecular weight is 438 g/mol. The summed E-state index contributed by atoms with van der Waals surface area (Å²) in [5.74, 6) is -1.05. The summed E-state index contributed by atoms with van der Waals surface area (Å²) < 4.78 is 5.28. The number of amides is 3. The van der Waals surface area contributed by atoms with E-state index in [1.807, 2.05) is 38.1 Å². The summed E-state index contributed by atoms with van der Waals surface area (Å²) in [5, 5.41) is 5.72. The third-order valence-corrected chi connectivity index (χ3v) is 5.54. The molecule has 7 heteroatoms. The maximum atomic E-state index is 13.0. The van der Waals surface area contributed by atoms with Gasteiger partial charge >= 0.3 is 0 Å². The van der Waals surface area contributed by atoms with Crippen molar-refractivity contribution in [1.82, 2.24) is 5.32 Å². The van der Waals surface area contributed by atoms with Gasteiger partial charge in [0.2, 0.25) is 11.8 Å². The smallest absolute Gasteiger partial charge is 0.253 e. The molecule has 0 aliphatic carbocycles. The van der Waals surface area contributed by atoms with E-state index in [1.165, 1.54) is 0 Å². The van der Waals surface area contributed by atoms with Crippen LogP contribution in [0.15, 0.2) is 48.5 Å². The number of anilines is 2. The Hall–Kier alpha value is -3.19. The van der Waals surface area contributed by atoms with E-state index in [2.05, 4.69) is 10.6 Å². The molecule has 1 atom stereocenters. The Kier molecular flexibility index (Phi) is 8.39. The SMILES string of the molecule is CCOCCCNC(=O)c1ccccc1NC(=O)C1CC(=O)N(c2ccccc2CC)C1. The van der Waals surface area contributed by atoms with Crippen molar-refractivity contribution >= 4 is 29.1 Å². The van der Waals surface area contributed by atoms with E-state index in [0.29, 0.717) is 44.0 Å². The Morgan fingerprint density at radius 3 is 2.62 bits per heavy atom. The fourth-order valence-electron chi connectivity index (χ4n) is 3.83. The zero-order chi connectivity index (χ0) is 22.9. The molecule has 1 unspecified atom stereocenters. The van der Waals surface area contributed by atoms with Gasteiger partial charge in [0.1, 0.15) is 0 Å². The highest BCUT2D eigenvalue weighted by molar-refractivity contribution is 6.07. The van der Waals surface area contributed by atoms with E-state index >= 15 is 0 Å². The Morgan fingerprint density at radius 2 is 1.84 bits per heavy atom. The lowest BCUT2D eigenvalue weighted by Gasteiger charge is -2.20. The van der Waals surface area contributed by atoms with Crippen LogP contribution in [0.5, 0.6) is 0 Å². The van der Waals surface area contributed by atoms with Gasteiger partial charge in [0.25, 0.3) is 5.91 Å². The summed E-state index contributed by atoms with van der Waals surface area (Å²) in [6, 6.07) is 14.7. The molecule has 3 amide bonds. The number of nitrogens with zero attached hydrogens (tertiary/aromatic N) is 1. The Bertz CT molecular complexity index is 960. The summed E-state index contributed by atoms with van der Waals surface area (Å²) in [7, 11) is 0. The summed E-state index contributed by atoms with van der Waals surface area (Å²) in [6.07, 6.45) is 1.67. The predicted octanol–water partition coefficient (Wildman–Crippen LogP) is 3.40. The molecule has 0 radical (unpaired) electrons. The molecule has 170 valence electrons. The second-order valence-electron chi connectivity index (χ2n) is 7.73. The average Bonchev–Trinajstić information content (AvgIpc) is 3.20. The molecule has 1 aliphatic heterocycles. The maximum absolute atomic E-state index is 13.0. The van der Waals surface area contributed by atoms with Gasteiger partial charge < -0.3 is 20.3 Å². The molecule has 1 aliphatic rings. The number of nitrogens with one attached hydrogen (secondary N) is 2. The normalized spacial score (nSPS) is 15.6. The van der Waals surface area contributed by atoms with Crippen LogP contribution in [0.3, 0.4) is 0 Å². The zero-order valence-corrected chi connectivity index (χ0v) is 18.7. The van der Waals surface area contributed by atoms with Crippen LogP contribution in [-0.2, 0) is 20.7 Å². The van der Waals surface area contributed by atoms with Crippen LogP contribution in [-0.4, -0.2) is 44.0 Å². The molecular formula is C25H31N3O4. The van der Waals surface area contributed by atoms with E-state index in [9.17, 15) is 14.4 Å². The van der Waals surface area contributed by atoms with Gasteiger partial charge in [-0.15, -0.1) is 0 Å². The number of hydrogen-bond donors (Lipinski definition) is 2. The van der Waals surface area contributed by atoms with Gasteiger partial charge in [-0.3, -0.25) is 14.4 Å². The number of aryl methyl sites for hydroxylation is 1. The summed E-state index contributed by atoms with van der Waals surface area (Å²) in [4.78, 5) is 39.9. The van der Waals surface area contributed by atoms with Gasteiger partial charge in [-0.2, -0.15) is 0 Å². The van der Waals surface area contributed by atoms with Crippen LogP contribution in [0.1, 0.15) is 42.6 Å². The lowest BCUT2D eigenvalue weighted by atomic mass is 10.1. The van der Waals surface area contributed by atoms with Gasteiger partial charge in [0.15, 0.2) is 0 Å². The van der Waals surface area contributed by atoms with Crippen LogP contribution < -0.4 is 15.5 Å². The van der Waals surface area contributed by atoms with Gasteiger partial charge in [-0.05, 0) is 43.5 Å². The number of carbonyl (C=O) groups excluding carboxylic acids is 3. The lowest BCUT2D eigenvalue weighted by Crippen LogP contribution is -2.30. The molecular weight excluding hydrogens is 406 g/mol. The molecule has 2 aromatic carbocycles. The summed E-state index contributed by atoms with van der Waals surface area (Å²) in [6.45, 7) is 6.02. The molecule has 0 spiro atoms. The Balaban J connectivity index is 1.64. The van der Waals surface area contributed by atoms with Crippen LogP contribution in [0, 0.1) is 5.92 Å². The molecule has 0 bridgehead atoms. The van der Waals surface area contributed by atoms with E-state index in [-0.39, 0.29) is 24.1 Å². The summed E-state index contributed by atoms with van der Waals surface area (Å²) in [5.41, 5.74) is 2.78. The first-order chi connectivity index (χ1) is 15.5. The van der Waals surface area contributed by atoms with Crippen LogP contribution in [0.25, 0.3) is 0 Å². The minimum atomic E-state index is -0.477. The molecule has 3 rings (SSSR count). The molecule has 2 aromatic rings. The second kappa shape index (κ2) is 11.4. The van der Waals surface area contributed by atoms with Gasteiger partial charge in [0, 0.05) is 38.4 Å². The maximum Gasteiger partial charge on any atom is 0.253 e. The van der Waals surface area contributed by atoms with Gasteiger partial charge in [-0.1, -0.05) is 37.3 Å². The van der Waals surface area contributed by atoms with Gasteiger partial charge in [-0.25, -0.2) is 0 Å². The highest BCUT2D eigenvalue weighted by Crippen LogP contribution is 2.29. The second-order valence-corrected chi connectivity index (χ2v) is 7.73. The molecule has 1 fully saturated rings. The molecule has 0 aromatic heterocycles. The van der Waals surface area contributed by atoms with Crippen molar-refractivity contribution in [2.75, 3.05) is 36.5 Å². The largest absolute Gasteiger partial charge is 0.382 e. The molecule has 1 heterocycles. The summed E-state index contributed by atoms with van der Waals surface area (Å²) >= 11 is 0. The van der Waals surface area contributed by atoms with Crippen LogP contribution in [0.4, 0.5) is 11.4 Å². The first kappa shape index (κ1) is 23.5. The first-order valence-corrected chi connectivity index (χ1v) is 11.2. The highest BCUT2D eigenvalue weighted by Gasteiger charge is 2.36. The third kappa shape index (κ3) is 5.73. The van der Waals surface area contributed by atoms with Crippen molar-refractivity contribution in [3.63, 3.8) is 0 Å². The quantitative estimate of drug-likeness (QED) is 0.558. The number of carbonyl (C=O) groups is 3. The number of para-hydroxylation sites is 2. The predicted molar refractivity (Wildman–Crippen MR) is 125 cm³/mol. The molecule has 2 N–H and O–H groups in total. The topological polar surface area (TPSA) is 87.7 Å². The standard InChI is InChI=1S/C25H31N3O4/c1-3-18-10-5-8-13-22(18)28-17-19(16-23(28)29)24(30)27-21-12-7-6-11-20(21)25(31)26-14-9-15-32-4-2/h5-8,10-13,19H,3-4,9,14-17H2,1-2H3,(H,26,31)(H,27,30). The van der Waals surface area contributed by atoms with E-state index in [0.717, 1.165) is 17.7 Å². The van der Waals surface area contributed by atoms with Crippen molar-refractivity contribution in [2.24, 2.45) is 5.92 Å². The van der Waals surface area contributed by atoms with Crippen LogP contribution >= 0.6 is 0 Å². The van der Waals surface area contributed by atoms with Crippen LogP contribution in [0.2, 0.25) is 0 Å². The fraction of sp³-hybridized carbons (Fsp3) is 0.400. The molecule has 0 saturated carbocycles. The number of benzene rings is 2. The molecule has 7 nitrogen and oxygen atoms in total.